The number of amides is 1. The maximum atomic E-state index is 12.9. The van der Waals surface area contributed by atoms with Gasteiger partial charge in [0.1, 0.15) is 11.6 Å². The predicted molar refractivity (Wildman–Crippen MR) is 82.9 cm³/mol. The molecule has 0 spiro atoms. The van der Waals surface area contributed by atoms with Crippen molar-refractivity contribution in [2.75, 3.05) is 6.61 Å². The summed E-state index contributed by atoms with van der Waals surface area (Å²) in [7, 11) is 0. The predicted octanol–water partition coefficient (Wildman–Crippen LogP) is 3.94. The molecule has 2 rings (SSSR count). The van der Waals surface area contributed by atoms with Gasteiger partial charge in [0.2, 0.25) is 0 Å². The monoisotopic (exact) mass is 371 g/mol. The van der Waals surface area contributed by atoms with E-state index < -0.39 is 0 Å². The maximum absolute atomic E-state index is 12.9. The van der Waals surface area contributed by atoms with Crippen molar-refractivity contribution in [3.05, 3.63) is 63.3 Å². The number of carbonyl (C=O) groups is 1. The molecule has 0 saturated heterocycles. The fraction of sp³-hybridized carbons (Fsp3) is 0.133. The first kappa shape index (κ1) is 15.8. The normalized spacial score (nSPS) is 10.2. The van der Waals surface area contributed by atoms with Gasteiger partial charge in [0, 0.05) is 11.6 Å². The average molecular weight is 373 g/mol. The molecule has 0 fully saturated rings. The van der Waals surface area contributed by atoms with Crippen LogP contribution in [0.3, 0.4) is 0 Å². The Morgan fingerprint density at radius 1 is 1.29 bits per heavy atom. The summed E-state index contributed by atoms with van der Waals surface area (Å²) in [5.74, 6) is -0.236. The van der Waals surface area contributed by atoms with Gasteiger partial charge in [-0.1, -0.05) is 23.7 Å². The highest BCUT2D eigenvalue weighted by molar-refractivity contribution is 9.10. The zero-order chi connectivity index (χ0) is 15.2. The summed E-state index contributed by atoms with van der Waals surface area (Å²) in [6, 6.07) is 11.2. The largest absolute Gasteiger partial charge is 0.483 e. The Kier molecular flexibility index (Phi) is 5.59. The van der Waals surface area contributed by atoms with Crippen molar-refractivity contribution in [2.45, 2.75) is 6.54 Å². The summed E-state index contributed by atoms with van der Waals surface area (Å²) < 4.78 is 18.7. The lowest BCUT2D eigenvalue weighted by molar-refractivity contribution is -0.123. The summed E-state index contributed by atoms with van der Waals surface area (Å²) >= 11 is 9.03. The molecule has 6 heteroatoms. The Labute approximate surface area is 135 Å². The molecule has 0 radical (unpaired) electrons. The molecule has 21 heavy (non-hydrogen) atoms. The van der Waals surface area contributed by atoms with Gasteiger partial charge in [-0.15, -0.1) is 0 Å². The Bertz CT molecular complexity index is 651. The number of halogens is 3. The summed E-state index contributed by atoms with van der Waals surface area (Å²) in [6.45, 7) is 0.220. The third-order valence-electron chi connectivity index (χ3n) is 2.63. The van der Waals surface area contributed by atoms with Crippen LogP contribution in [0.1, 0.15) is 5.56 Å². The van der Waals surface area contributed by atoms with Gasteiger partial charge in [0.05, 0.1) is 4.47 Å². The van der Waals surface area contributed by atoms with E-state index in [0.717, 1.165) is 5.56 Å². The molecule has 3 nitrogen and oxygen atoms in total. The summed E-state index contributed by atoms with van der Waals surface area (Å²) in [4.78, 5) is 11.7. The first-order chi connectivity index (χ1) is 10.0. The van der Waals surface area contributed by atoms with Gasteiger partial charge >= 0.3 is 0 Å². The van der Waals surface area contributed by atoms with E-state index in [1.807, 2.05) is 12.1 Å². The zero-order valence-electron chi connectivity index (χ0n) is 10.9. The van der Waals surface area contributed by atoms with Crippen molar-refractivity contribution < 1.29 is 13.9 Å². The highest BCUT2D eigenvalue weighted by Crippen LogP contribution is 2.25. The molecule has 0 aliphatic carbocycles. The van der Waals surface area contributed by atoms with Crippen molar-refractivity contribution in [3.63, 3.8) is 0 Å². The number of ether oxygens (including phenoxy) is 1. The van der Waals surface area contributed by atoms with Crippen LogP contribution in [0.15, 0.2) is 46.9 Å². The lowest BCUT2D eigenvalue weighted by atomic mass is 10.2. The third-order valence-corrected chi connectivity index (χ3v) is 3.49. The maximum Gasteiger partial charge on any atom is 0.258 e. The van der Waals surface area contributed by atoms with Gasteiger partial charge in [-0.05, 0) is 51.8 Å². The first-order valence-corrected chi connectivity index (χ1v) is 7.30. The molecule has 0 unspecified atom stereocenters. The van der Waals surface area contributed by atoms with Crippen molar-refractivity contribution in [2.24, 2.45) is 0 Å². The van der Waals surface area contributed by atoms with Crippen molar-refractivity contribution in [1.29, 1.82) is 0 Å². The molecule has 0 heterocycles. The van der Waals surface area contributed by atoms with Crippen LogP contribution in [0, 0.1) is 5.82 Å². The highest BCUT2D eigenvalue weighted by atomic mass is 79.9. The minimum atomic E-state index is -0.375. The van der Waals surface area contributed by atoms with Crippen molar-refractivity contribution in [3.8, 4) is 5.75 Å². The van der Waals surface area contributed by atoms with Crippen LogP contribution in [0.25, 0.3) is 0 Å². The summed E-state index contributed by atoms with van der Waals surface area (Å²) in [5, 5.41) is 3.33. The van der Waals surface area contributed by atoms with Crippen LogP contribution in [-0.4, -0.2) is 12.5 Å². The SMILES string of the molecule is O=C(COc1ccc(F)cc1Br)NCc1cccc(Cl)c1. The Hall–Kier alpha value is -1.59. The number of rotatable bonds is 5. The molecular formula is C15H12BrClFNO2. The summed E-state index contributed by atoms with van der Waals surface area (Å²) in [6.07, 6.45) is 0. The smallest absolute Gasteiger partial charge is 0.258 e. The Morgan fingerprint density at radius 3 is 2.81 bits per heavy atom. The standard InChI is InChI=1S/C15H12BrClFNO2/c16-13-7-12(18)4-5-14(13)21-9-15(20)19-8-10-2-1-3-11(17)6-10/h1-7H,8-9H2,(H,19,20). The highest BCUT2D eigenvalue weighted by Gasteiger charge is 2.06. The molecule has 0 aromatic heterocycles. The molecule has 0 atom stereocenters. The quantitative estimate of drug-likeness (QED) is 0.863. The van der Waals surface area contributed by atoms with E-state index in [0.29, 0.717) is 21.8 Å². The second-order valence-electron chi connectivity index (χ2n) is 4.27. The van der Waals surface area contributed by atoms with Crippen LogP contribution in [0.2, 0.25) is 5.02 Å². The van der Waals surface area contributed by atoms with Gasteiger partial charge in [-0.25, -0.2) is 4.39 Å². The van der Waals surface area contributed by atoms with Crippen LogP contribution in [-0.2, 0) is 11.3 Å². The van der Waals surface area contributed by atoms with Crippen LogP contribution < -0.4 is 10.1 Å². The average Bonchev–Trinajstić information content (AvgIpc) is 2.44. The van der Waals surface area contributed by atoms with E-state index in [2.05, 4.69) is 21.2 Å². The molecule has 1 amide bonds. The van der Waals surface area contributed by atoms with E-state index in [-0.39, 0.29) is 18.3 Å². The molecule has 0 saturated carbocycles. The van der Waals surface area contributed by atoms with E-state index in [9.17, 15) is 9.18 Å². The second-order valence-corrected chi connectivity index (χ2v) is 5.56. The minimum Gasteiger partial charge on any atom is -0.483 e. The fourth-order valence-corrected chi connectivity index (χ4v) is 2.31. The minimum absolute atomic E-state index is 0.148. The lowest BCUT2D eigenvalue weighted by Gasteiger charge is -2.09. The van der Waals surface area contributed by atoms with Gasteiger partial charge in [0.25, 0.3) is 5.91 Å². The number of carbonyl (C=O) groups excluding carboxylic acids is 1. The molecular weight excluding hydrogens is 361 g/mol. The third kappa shape index (κ3) is 5.02. The molecule has 1 N–H and O–H groups in total. The van der Waals surface area contributed by atoms with Crippen LogP contribution in [0.5, 0.6) is 5.75 Å². The van der Waals surface area contributed by atoms with E-state index >= 15 is 0 Å². The number of nitrogens with one attached hydrogen (secondary N) is 1. The topological polar surface area (TPSA) is 38.3 Å². The van der Waals surface area contributed by atoms with Gasteiger partial charge < -0.3 is 10.1 Å². The Balaban J connectivity index is 1.82. The van der Waals surface area contributed by atoms with Crippen molar-refractivity contribution in [1.82, 2.24) is 5.32 Å². The first-order valence-electron chi connectivity index (χ1n) is 6.13. The lowest BCUT2D eigenvalue weighted by Crippen LogP contribution is -2.28. The summed E-state index contributed by atoms with van der Waals surface area (Å²) in [5.41, 5.74) is 0.902. The van der Waals surface area contributed by atoms with Crippen molar-refractivity contribution >= 4 is 33.4 Å². The number of benzene rings is 2. The number of hydrogen-bond acceptors (Lipinski definition) is 2. The molecule has 0 aliphatic heterocycles. The molecule has 2 aromatic rings. The second kappa shape index (κ2) is 7.43. The molecule has 2 aromatic carbocycles. The molecule has 0 bridgehead atoms. The molecule has 0 aliphatic rings. The Morgan fingerprint density at radius 2 is 2.10 bits per heavy atom. The number of hydrogen-bond donors (Lipinski definition) is 1. The van der Waals surface area contributed by atoms with Gasteiger partial charge in [-0.2, -0.15) is 0 Å². The van der Waals surface area contributed by atoms with E-state index in [1.54, 1.807) is 12.1 Å². The zero-order valence-corrected chi connectivity index (χ0v) is 13.2. The van der Waals surface area contributed by atoms with Gasteiger partial charge in [0.15, 0.2) is 6.61 Å². The van der Waals surface area contributed by atoms with Crippen LogP contribution >= 0.6 is 27.5 Å². The van der Waals surface area contributed by atoms with Gasteiger partial charge in [-0.3, -0.25) is 4.79 Å². The fourth-order valence-electron chi connectivity index (χ4n) is 1.63. The van der Waals surface area contributed by atoms with E-state index in [1.165, 1.54) is 18.2 Å². The van der Waals surface area contributed by atoms with E-state index in [4.69, 9.17) is 16.3 Å². The van der Waals surface area contributed by atoms with Crippen LogP contribution in [0.4, 0.5) is 4.39 Å². The molecule has 110 valence electrons.